The van der Waals surface area contributed by atoms with Crippen LogP contribution in [0.1, 0.15) is 6.42 Å². The first-order valence-corrected chi connectivity index (χ1v) is 11.7. The highest BCUT2D eigenvalue weighted by Gasteiger charge is 2.51. The largest absolute Gasteiger partial charge is 0.491 e. The summed E-state index contributed by atoms with van der Waals surface area (Å²) >= 11 is 0. The third kappa shape index (κ3) is 5.02. The predicted octanol–water partition coefficient (Wildman–Crippen LogP) is 0.467. The summed E-state index contributed by atoms with van der Waals surface area (Å²) < 4.78 is 42.9. The lowest BCUT2D eigenvalue weighted by atomic mass is 10.1. The molecule has 180 valence electrons. The predicted molar refractivity (Wildman–Crippen MR) is 116 cm³/mol. The van der Waals surface area contributed by atoms with Crippen molar-refractivity contribution in [1.82, 2.24) is 14.1 Å². The molecule has 0 bridgehead atoms. The van der Waals surface area contributed by atoms with Gasteiger partial charge in [0, 0.05) is 20.2 Å². The summed E-state index contributed by atoms with van der Waals surface area (Å²) in [6.45, 7) is 4.11. The number of ether oxygens (including phenoxy) is 3. The lowest BCUT2D eigenvalue weighted by Gasteiger charge is -2.23. The van der Waals surface area contributed by atoms with E-state index in [1.54, 1.807) is 7.11 Å². The Morgan fingerprint density at radius 3 is 2.48 bits per heavy atom. The van der Waals surface area contributed by atoms with Gasteiger partial charge in [-0.15, -0.1) is 6.58 Å². The Hall–Kier alpha value is -2.96. The molecular formula is C21H27N3O8S. The normalized spacial score (nSPS) is 21.5. The van der Waals surface area contributed by atoms with Gasteiger partial charge >= 0.3 is 12.0 Å². The molecule has 3 amide bonds. The fourth-order valence-corrected chi connectivity index (χ4v) is 5.52. The van der Waals surface area contributed by atoms with E-state index in [-0.39, 0.29) is 31.0 Å². The Labute approximate surface area is 192 Å². The molecule has 0 unspecified atom stereocenters. The quantitative estimate of drug-likeness (QED) is 0.205. The number of amides is 3. The van der Waals surface area contributed by atoms with Crippen LogP contribution in [0.3, 0.4) is 0 Å². The first-order chi connectivity index (χ1) is 15.7. The molecule has 33 heavy (non-hydrogen) atoms. The Bertz CT molecular complexity index is 1010. The summed E-state index contributed by atoms with van der Waals surface area (Å²) in [5, 5.41) is 0. The van der Waals surface area contributed by atoms with Crippen molar-refractivity contribution in [2.45, 2.75) is 23.4 Å². The van der Waals surface area contributed by atoms with Crippen LogP contribution in [0.2, 0.25) is 0 Å². The van der Waals surface area contributed by atoms with Crippen LogP contribution in [0.25, 0.3) is 0 Å². The Morgan fingerprint density at radius 1 is 1.18 bits per heavy atom. The van der Waals surface area contributed by atoms with Gasteiger partial charge in [0.1, 0.15) is 24.9 Å². The third-order valence-corrected chi connectivity index (χ3v) is 7.37. The lowest BCUT2D eigenvalue weighted by Crippen LogP contribution is -2.44. The molecule has 3 rings (SSSR count). The summed E-state index contributed by atoms with van der Waals surface area (Å²) in [6, 6.07) is 3.25. The molecule has 0 aromatic heterocycles. The maximum atomic E-state index is 13.4. The molecule has 0 aliphatic carbocycles. The second-order valence-electron chi connectivity index (χ2n) is 7.53. The minimum atomic E-state index is -4.13. The Balaban J connectivity index is 1.84. The van der Waals surface area contributed by atoms with Crippen LogP contribution < -0.4 is 4.74 Å². The fraction of sp³-hybridized carbons (Fsp3) is 0.476. The van der Waals surface area contributed by atoms with Crippen molar-refractivity contribution < 1.29 is 37.0 Å². The smallest absolute Gasteiger partial charge is 0.327 e. The first kappa shape index (κ1) is 24.7. The minimum Gasteiger partial charge on any atom is -0.491 e. The molecule has 0 saturated carbocycles. The number of hydrogen-bond donors (Lipinski definition) is 0. The van der Waals surface area contributed by atoms with Gasteiger partial charge in [0.2, 0.25) is 10.0 Å². The van der Waals surface area contributed by atoms with Crippen molar-refractivity contribution in [2.75, 3.05) is 47.1 Å². The van der Waals surface area contributed by atoms with Gasteiger partial charge in [0.25, 0.3) is 5.91 Å². The van der Waals surface area contributed by atoms with Gasteiger partial charge in [-0.25, -0.2) is 13.2 Å². The maximum Gasteiger partial charge on any atom is 0.327 e. The molecule has 2 aliphatic heterocycles. The number of esters is 1. The number of rotatable bonds is 10. The van der Waals surface area contributed by atoms with Crippen LogP contribution in [0.5, 0.6) is 5.75 Å². The molecule has 2 atom stereocenters. The zero-order chi connectivity index (χ0) is 24.2. The second kappa shape index (κ2) is 10.3. The summed E-state index contributed by atoms with van der Waals surface area (Å²) in [4.78, 5) is 39.9. The molecule has 2 fully saturated rings. The zero-order valence-corrected chi connectivity index (χ0v) is 19.3. The second-order valence-corrected chi connectivity index (χ2v) is 9.42. The monoisotopic (exact) mass is 481 g/mol. The van der Waals surface area contributed by atoms with E-state index in [9.17, 15) is 22.8 Å². The fourth-order valence-electron chi connectivity index (χ4n) is 3.90. The van der Waals surface area contributed by atoms with Crippen LogP contribution in [0, 0.1) is 0 Å². The molecule has 2 aliphatic rings. The Kier molecular flexibility index (Phi) is 7.72. The van der Waals surface area contributed by atoms with Crippen molar-refractivity contribution >= 4 is 27.9 Å². The van der Waals surface area contributed by atoms with Crippen LogP contribution in [0.15, 0.2) is 41.8 Å². The first-order valence-electron chi connectivity index (χ1n) is 10.3. The van der Waals surface area contributed by atoms with Gasteiger partial charge in [0.15, 0.2) is 0 Å². The molecule has 1 aromatic rings. The van der Waals surface area contributed by atoms with Crippen molar-refractivity contribution in [3.05, 3.63) is 36.9 Å². The van der Waals surface area contributed by atoms with E-state index >= 15 is 0 Å². The van der Waals surface area contributed by atoms with Gasteiger partial charge in [-0.1, -0.05) is 6.08 Å². The number of urea groups is 1. The van der Waals surface area contributed by atoms with E-state index in [0.29, 0.717) is 19.0 Å². The minimum absolute atomic E-state index is 0.0521. The topological polar surface area (TPSA) is 123 Å². The maximum absolute atomic E-state index is 13.4. The number of sulfonamides is 1. The highest BCUT2D eigenvalue weighted by Crippen LogP contribution is 2.32. The molecule has 2 heterocycles. The number of methoxy groups -OCH3 is 2. The van der Waals surface area contributed by atoms with Gasteiger partial charge < -0.3 is 19.1 Å². The molecule has 1 aromatic carbocycles. The average molecular weight is 482 g/mol. The van der Waals surface area contributed by atoms with E-state index in [1.165, 1.54) is 35.2 Å². The number of carbonyl (C=O) groups is 3. The van der Waals surface area contributed by atoms with E-state index < -0.39 is 40.0 Å². The summed E-state index contributed by atoms with van der Waals surface area (Å²) in [5.74, 6) is -0.750. The van der Waals surface area contributed by atoms with Gasteiger partial charge in [-0.3, -0.25) is 14.5 Å². The molecule has 2 saturated heterocycles. The van der Waals surface area contributed by atoms with Crippen molar-refractivity contribution in [3.63, 3.8) is 0 Å². The van der Waals surface area contributed by atoms with Crippen LogP contribution in [0.4, 0.5) is 4.79 Å². The van der Waals surface area contributed by atoms with E-state index in [1.807, 2.05) is 0 Å². The number of carbonyl (C=O) groups excluding carboxylic acids is 3. The van der Waals surface area contributed by atoms with Crippen LogP contribution >= 0.6 is 0 Å². The number of hydrogen-bond acceptors (Lipinski definition) is 8. The van der Waals surface area contributed by atoms with E-state index in [4.69, 9.17) is 14.2 Å². The Morgan fingerprint density at radius 2 is 1.88 bits per heavy atom. The molecular weight excluding hydrogens is 454 g/mol. The van der Waals surface area contributed by atoms with Crippen LogP contribution in [-0.2, 0) is 29.1 Å². The summed E-state index contributed by atoms with van der Waals surface area (Å²) in [5.41, 5.74) is 0. The molecule has 0 N–H and O–H groups in total. The van der Waals surface area contributed by atoms with E-state index in [2.05, 4.69) is 6.58 Å². The number of nitrogens with zero attached hydrogens (tertiary/aromatic N) is 3. The number of imide groups is 1. The highest BCUT2D eigenvalue weighted by molar-refractivity contribution is 7.89. The molecule has 0 spiro atoms. The van der Waals surface area contributed by atoms with E-state index in [0.717, 1.165) is 16.3 Å². The summed E-state index contributed by atoms with van der Waals surface area (Å²) in [7, 11) is -1.43. The van der Waals surface area contributed by atoms with Crippen LogP contribution in [-0.4, -0.2) is 99.6 Å². The number of benzene rings is 1. The molecule has 11 nitrogen and oxygen atoms in total. The van der Waals surface area contributed by atoms with Gasteiger partial charge in [-0.2, -0.15) is 4.31 Å². The third-order valence-electron chi connectivity index (χ3n) is 5.48. The standard InChI is InChI=1S/C21H27N3O8S/c1-4-9-22-14-19(25)24(21(22)27)15-12-18(20(26)31-3)23(13-15)33(28,29)17-7-5-16(6-8-17)32-11-10-30-2/h4-8,15,18H,1,9-14H2,2-3H3/t15-,18+/m0/s1. The van der Waals surface area contributed by atoms with Gasteiger partial charge in [0.05, 0.1) is 24.7 Å². The summed E-state index contributed by atoms with van der Waals surface area (Å²) in [6.07, 6.45) is 1.45. The van der Waals surface area contributed by atoms with Crippen molar-refractivity contribution in [2.24, 2.45) is 0 Å². The molecule has 12 heteroatoms. The SMILES string of the molecule is C=CCN1CC(=O)N([C@H]2C[C@H](C(=O)OC)N(S(=O)(=O)c3ccc(OCCOC)cc3)C2)C1=O. The van der Waals surface area contributed by atoms with Crippen molar-refractivity contribution in [3.8, 4) is 5.75 Å². The van der Waals surface area contributed by atoms with Crippen molar-refractivity contribution in [1.29, 1.82) is 0 Å². The average Bonchev–Trinajstić information content (AvgIpc) is 3.35. The van der Waals surface area contributed by atoms with Gasteiger partial charge in [-0.05, 0) is 30.7 Å². The lowest BCUT2D eigenvalue weighted by molar-refractivity contribution is -0.144. The highest BCUT2D eigenvalue weighted by atomic mass is 32.2. The zero-order valence-electron chi connectivity index (χ0n) is 18.5. The molecule has 0 radical (unpaired) electrons.